The van der Waals surface area contributed by atoms with Gasteiger partial charge in [0, 0.05) is 29.3 Å². The van der Waals surface area contributed by atoms with Gasteiger partial charge in [-0.05, 0) is 68.8 Å². The topological polar surface area (TPSA) is 15.3 Å². The van der Waals surface area contributed by atoms with Gasteiger partial charge in [0.25, 0.3) is 0 Å². The molecule has 1 atom stereocenters. The van der Waals surface area contributed by atoms with Crippen molar-refractivity contribution in [3.05, 3.63) is 28.2 Å². The summed E-state index contributed by atoms with van der Waals surface area (Å²) in [5.41, 5.74) is 2.84. The molecule has 0 radical (unpaired) electrons. The van der Waals surface area contributed by atoms with Gasteiger partial charge in [0.15, 0.2) is 0 Å². The van der Waals surface area contributed by atoms with Gasteiger partial charge in [0.2, 0.25) is 0 Å². The molecule has 1 N–H and O–H groups in total. The first-order valence-electron chi connectivity index (χ1n) is 8.43. The fourth-order valence-electron chi connectivity index (χ4n) is 2.82. The molecule has 1 aromatic rings. The zero-order chi connectivity index (χ0) is 15.2. The van der Waals surface area contributed by atoms with Crippen molar-refractivity contribution < 1.29 is 0 Å². The molecule has 0 heterocycles. The summed E-state index contributed by atoms with van der Waals surface area (Å²) in [6.07, 6.45) is 5.21. The Kier molecular flexibility index (Phi) is 6.56. The number of rotatable bonds is 9. The van der Waals surface area contributed by atoms with Crippen LogP contribution in [-0.2, 0) is 0 Å². The van der Waals surface area contributed by atoms with E-state index >= 15 is 0 Å². The normalized spacial score (nSPS) is 16.0. The van der Waals surface area contributed by atoms with Gasteiger partial charge in [0.05, 0.1) is 0 Å². The molecule has 21 heavy (non-hydrogen) atoms. The first-order valence-corrected chi connectivity index (χ1v) is 9.22. The maximum Gasteiger partial charge on any atom is 0.0415 e. The van der Waals surface area contributed by atoms with Crippen LogP contribution in [0.4, 0.5) is 5.69 Å². The predicted molar refractivity (Wildman–Crippen MR) is 96.1 cm³/mol. The fourth-order valence-corrected chi connectivity index (χ4v) is 3.20. The van der Waals surface area contributed by atoms with E-state index in [1.54, 1.807) is 0 Å². The Bertz CT molecular complexity index is 443. The first-order chi connectivity index (χ1) is 10.2. The highest BCUT2D eigenvalue weighted by Gasteiger charge is 2.25. The van der Waals surface area contributed by atoms with Crippen LogP contribution in [0.5, 0.6) is 0 Å². The van der Waals surface area contributed by atoms with Crippen molar-refractivity contribution >= 4 is 21.6 Å². The predicted octanol–water partition coefficient (Wildman–Crippen LogP) is 5.14. The SMILES string of the molecule is CCCNC(C)c1cc(Br)ccc1N(CCC)CC1CC1. The van der Waals surface area contributed by atoms with E-state index in [1.165, 1.54) is 48.0 Å². The van der Waals surface area contributed by atoms with Gasteiger partial charge in [-0.15, -0.1) is 0 Å². The molecule has 2 rings (SSSR count). The third-order valence-corrected chi connectivity index (χ3v) is 4.66. The van der Waals surface area contributed by atoms with E-state index in [0.717, 1.165) is 19.0 Å². The van der Waals surface area contributed by atoms with Crippen molar-refractivity contribution in [2.75, 3.05) is 24.5 Å². The Balaban J connectivity index is 2.21. The molecule has 1 aliphatic rings. The molecule has 3 heteroatoms. The number of nitrogens with zero attached hydrogens (tertiary/aromatic N) is 1. The molecular weight excluding hydrogens is 324 g/mol. The third kappa shape index (κ3) is 5.00. The second kappa shape index (κ2) is 8.19. The van der Waals surface area contributed by atoms with Crippen LogP contribution >= 0.6 is 15.9 Å². The van der Waals surface area contributed by atoms with Gasteiger partial charge < -0.3 is 10.2 Å². The van der Waals surface area contributed by atoms with Crippen LogP contribution < -0.4 is 10.2 Å². The van der Waals surface area contributed by atoms with Crippen molar-refractivity contribution in [2.45, 2.75) is 52.5 Å². The summed E-state index contributed by atoms with van der Waals surface area (Å²) < 4.78 is 1.18. The Morgan fingerprint density at radius 1 is 1.29 bits per heavy atom. The van der Waals surface area contributed by atoms with E-state index < -0.39 is 0 Å². The molecule has 1 aromatic carbocycles. The van der Waals surface area contributed by atoms with Gasteiger partial charge in [0.1, 0.15) is 0 Å². The van der Waals surface area contributed by atoms with E-state index in [0.29, 0.717) is 6.04 Å². The highest BCUT2D eigenvalue weighted by molar-refractivity contribution is 9.10. The Morgan fingerprint density at radius 3 is 2.67 bits per heavy atom. The summed E-state index contributed by atoms with van der Waals surface area (Å²) >= 11 is 3.64. The van der Waals surface area contributed by atoms with Gasteiger partial charge in [-0.3, -0.25) is 0 Å². The lowest BCUT2D eigenvalue weighted by molar-refractivity contribution is 0.567. The lowest BCUT2D eigenvalue weighted by Crippen LogP contribution is -2.29. The van der Waals surface area contributed by atoms with Gasteiger partial charge in [-0.25, -0.2) is 0 Å². The van der Waals surface area contributed by atoms with Crippen molar-refractivity contribution in [1.82, 2.24) is 5.32 Å². The lowest BCUT2D eigenvalue weighted by atomic mass is 10.0. The quantitative estimate of drug-likeness (QED) is 0.662. The summed E-state index contributed by atoms with van der Waals surface area (Å²) in [6, 6.07) is 7.16. The Labute approximate surface area is 138 Å². The molecule has 1 fully saturated rings. The average Bonchev–Trinajstić information content (AvgIpc) is 3.28. The molecule has 118 valence electrons. The first kappa shape index (κ1) is 16.8. The minimum absolute atomic E-state index is 0.399. The molecular formula is C18H29BrN2. The van der Waals surface area contributed by atoms with Crippen molar-refractivity contribution in [3.63, 3.8) is 0 Å². The molecule has 0 bridgehead atoms. The third-order valence-electron chi connectivity index (χ3n) is 4.17. The molecule has 2 nitrogen and oxygen atoms in total. The summed E-state index contributed by atoms with van der Waals surface area (Å²) in [6.45, 7) is 10.2. The smallest absolute Gasteiger partial charge is 0.0415 e. The summed E-state index contributed by atoms with van der Waals surface area (Å²) in [4.78, 5) is 2.60. The van der Waals surface area contributed by atoms with E-state index in [1.807, 2.05) is 0 Å². The molecule has 0 amide bonds. The summed E-state index contributed by atoms with van der Waals surface area (Å²) in [7, 11) is 0. The summed E-state index contributed by atoms with van der Waals surface area (Å²) in [5, 5.41) is 3.63. The standard InChI is InChI=1S/C18H29BrN2/c1-4-10-20-14(3)17-12-16(19)8-9-18(17)21(11-5-2)13-15-6-7-15/h8-9,12,14-15,20H,4-7,10-11,13H2,1-3H3. The van der Waals surface area contributed by atoms with Gasteiger partial charge in [-0.1, -0.05) is 29.8 Å². The van der Waals surface area contributed by atoms with Crippen LogP contribution in [0.3, 0.4) is 0 Å². The van der Waals surface area contributed by atoms with Gasteiger partial charge in [-0.2, -0.15) is 0 Å². The van der Waals surface area contributed by atoms with Crippen LogP contribution in [0.1, 0.15) is 58.1 Å². The molecule has 1 unspecified atom stereocenters. The number of anilines is 1. The van der Waals surface area contributed by atoms with Crippen molar-refractivity contribution in [2.24, 2.45) is 5.92 Å². The molecule has 0 spiro atoms. The number of benzene rings is 1. The highest BCUT2D eigenvalue weighted by Crippen LogP contribution is 2.35. The Morgan fingerprint density at radius 2 is 2.05 bits per heavy atom. The van der Waals surface area contributed by atoms with Crippen LogP contribution in [-0.4, -0.2) is 19.6 Å². The number of nitrogens with one attached hydrogen (secondary N) is 1. The van der Waals surface area contributed by atoms with E-state index in [4.69, 9.17) is 0 Å². The number of hydrogen-bond acceptors (Lipinski definition) is 2. The van der Waals surface area contributed by atoms with E-state index in [-0.39, 0.29) is 0 Å². The van der Waals surface area contributed by atoms with Crippen LogP contribution in [0, 0.1) is 5.92 Å². The van der Waals surface area contributed by atoms with Crippen LogP contribution in [0.2, 0.25) is 0 Å². The lowest BCUT2D eigenvalue weighted by Gasteiger charge is -2.29. The minimum atomic E-state index is 0.399. The molecule has 1 saturated carbocycles. The van der Waals surface area contributed by atoms with Crippen LogP contribution in [0.25, 0.3) is 0 Å². The molecule has 0 aliphatic heterocycles. The van der Waals surface area contributed by atoms with Gasteiger partial charge >= 0.3 is 0 Å². The van der Waals surface area contributed by atoms with Crippen molar-refractivity contribution in [1.29, 1.82) is 0 Å². The summed E-state index contributed by atoms with van der Waals surface area (Å²) in [5.74, 6) is 0.923. The largest absolute Gasteiger partial charge is 0.371 e. The molecule has 0 aromatic heterocycles. The average molecular weight is 353 g/mol. The molecule has 0 saturated heterocycles. The fraction of sp³-hybridized carbons (Fsp3) is 0.667. The van der Waals surface area contributed by atoms with E-state index in [2.05, 4.69) is 65.1 Å². The van der Waals surface area contributed by atoms with E-state index in [9.17, 15) is 0 Å². The zero-order valence-corrected chi connectivity index (χ0v) is 15.2. The monoisotopic (exact) mass is 352 g/mol. The molecule has 1 aliphatic carbocycles. The Hall–Kier alpha value is -0.540. The maximum atomic E-state index is 3.64. The number of halogens is 1. The highest BCUT2D eigenvalue weighted by atomic mass is 79.9. The van der Waals surface area contributed by atoms with Crippen molar-refractivity contribution in [3.8, 4) is 0 Å². The second-order valence-electron chi connectivity index (χ2n) is 6.27. The minimum Gasteiger partial charge on any atom is -0.371 e. The number of hydrogen-bond donors (Lipinski definition) is 1. The maximum absolute atomic E-state index is 3.64. The zero-order valence-electron chi connectivity index (χ0n) is 13.7. The van der Waals surface area contributed by atoms with Crippen LogP contribution in [0.15, 0.2) is 22.7 Å². The second-order valence-corrected chi connectivity index (χ2v) is 7.18.